The van der Waals surface area contributed by atoms with Gasteiger partial charge in [-0.05, 0) is 12.1 Å². The summed E-state index contributed by atoms with van der Waals surface area (Å²) >= 11 is 0. The van der Waals surface area contributed by atoms with E-state index in [9.17, 15) is 0 Å². The van der Waals surface area contributed by atoms with E-state index in [1.54, 1.807) is 6.33 Å². The molecular formula is C7H6N2Zn2. The predicted octanol–water partition coefficient (Wildman–Crippen LogP) is 1.56. The number of rotatable bonds is 0. The maximum Gasteiger partial charge on any atom is 0.0931 e. The van der Waals surface area contributed by atoms with Gasteiger partial charge >= 0.3 is 0 Å². The minimum absolute atomic E-state index is 0. The Bertz CT molecular complexity index is 288. The van der Waals surface area contributed by atoms with E-state index >= 15 is 0 Å². The van der Waals surface area contributed by atoms with Crippen molar-refractivity contribution in [1.82, 2.24) is 9.97 Å². The van der Waals surface area contributed by atoms with Crippen LogP contribution in [0.5, 0.6) is 0 Å². The van der Waals surface area contributed by atoms with Crippen LogP contribution in [0.4, 0.5) is 0 Å². The molecule has 1 N–H and O–H groups in total. The van der Waals surface area contributed by atoms with E-state index in [1.807, 2.05) is 24.3 Å². The summed E-state index contributed by atoms with van der Waals surface area (Å²) in [5, 5.41) is 0. The van der Waals surface area contributed by atoms with E-state index in [0.29, 0.717) is 0 Å². The number of aromatic amines is 1. The van der Waals surface area contributed by atoms with Crippen LogP contribution in [0.1, 0.15) is 0 Å². The van der Waals surface area contributed by atoms with Gasteiger partial charge in [-0.1, -0.05) is 12.1 Å². The zero-order valence-electron chi connectivity index (χ0n) is 6.25. The average Bonchev–Trinajstić information content (AvgIpc) is 2.33. The fourth-order valence-electron chi connectivity index (χ4n) is 0.880. The Balaban J connectivity index is 0.000000500. The normalized spacial score (nSPS) is 8.36. The zero-order valence-corrected chi connectivity index (χ0v) is 12.2. The number of H-pyrrole nitrogens is 1. The Morgan fingerprint density at radius 2 is 1.82 bits per heavy atom. The number of nitrogens with one attached hydrogen (secondary N) is 1. The number of nitrogens with zero attached hydrogens (tertiary/aromatic N) is 1. The second-order valence-electron chi connectivity index (χ2n) is 1.92. The van der Waals surface area contributed by atoms with Crippen LogP contribution in [0.25, 0.3) is 11.0 Å². The summed E-state index contributed by atoms with van der Waals surface area (Å²) in [6.45, 7) is 0. The monoisotopic (exact) mass is 246 g/mol. The maximum absolute atomic E-state index is 4.06. The van der Waals surface area contributed by atoms with Crippen molar-refractivity contribution in [3.8, 4) is 0 Å². The van der Waals surface area contributed by atoms with Crippen LogP contribution in [0.3, 0.4) is 0 Å². The van der Waals surface area contributed by atoms with Gasteiger partial charge < -0.3 is 4.98 Å². The summed E-state index contributed by atoms with van der Waals surface area (Å²) in [6.07, 6.45) is 1.70. The number of hydrogen-bond donors (Lipinski definition) is 1. The Morgan fingerprint density at radius 1 is 1.09 bits per heavy atom. The molecule has 1 aromatic heterocycles. The van der Waals surface area contributed by atoms with Crippen molar-refractivity contribution in [2.45, 2.75) is 0 Å². The molecule has 1 heterocycles. The zero-order chi connectivity index (χ0) is 6.10. The Kier molecular flexibility index (Phi) is 4.71. The number of imidazole rings is 1. The third kappa shape index (κ3) is 2.18. The molecule has 11 heavy (non-hydrogen) atoms. The fraction of sp³-hybridized carbons (Fsp3) is 0. The molecule has 0 saturated heterocycles. The quantitative estimate of drug-likeness (QED) is 0.705. The molecule has 0 spiro atoms. The molecule has 2 nitrogen and oxygen atoms in total. The molecule has 0 saturated carbocycles. The average molecular weight is 249 g/mol. The van der Waals surface area contributed by atoms with Gasteiger partial charge in [0, 0.05) is 39.0 Å². The van der Waals surface area contributed by atoms with Crippen molar-refractivity contribution >= 4 is 11.0 Å². The molecule has 48 valence electrons. The molecule has 2 rings (SSSR count). The first kappa shape index (κ1) is 10.9. The number of para-hydroxylation sites is 2. The largest absolute Gasteiger partial charge is 0.345 e. The summed E-state index contributed by atoms with van der Waals surface area (Å²) in [5.41, 5.74) is 2.12. The molecule has 0 atom stereocenters. The van der Waals surface area contributed by atoms with Crippen molar-refractivity contribution in [2.24, 2.45) is 0 Å². The summed E-state index contributed by atoms with van der Waals surface area (Å²) in [4.78, 5) is 7.07. The topological polar surface area (TPSA) is 28.7 Å². The standard InChI is InChI=1S/C7H6N2.2Zn/c1-2-4-7-6(3-1)8-5-9-7;;/h1-5H,(H,8,9);;. The molecule has 0 fully saturated rings. The molecule has 0 bridgehead atoms. The van der Waals surface area contributed by atoms with Gasteiger partial charge in [0.25, 0.3) is 0 Å². The van der Waals surface area contributed by atoms with Crippen LogP contribution < -0.4 is 0 Å². The predicted molar refractivity (Wildman–Crippen MR) is 36.1 cm³/mol. The molecule has 1 aromatic carbocycles. The van der Waals surface area contributed by atoms with E-state index in [0.717, 1.165) is 11.0 Å². The van der Waals surface area contributed by atoms with Crippen LogP contribution in [0, 0.1) is 0 Å². The Hall–Kier alpha value is -0.0632. The van der Waals surface area contributed by atoms with Crippen LogP contribution in [0.2, 0.25) is 0 Å². The molecule has 0 radical (unpaired) electrons. The van der Waals surface area contributed by atoms with Crippen LogP contribution in [-0.4, -0.2) is 9.97 Å². The number of fused-ring (bicyclic) bond motifs is 1. The third-order valence-electron chi connectivity index (χ3n) is 1.33. The van der Waals surface area contributed by atoms with Gasteiger partial charge in [0.1, 0.15) is 0 Å². The smallest absolute Gasteiger partial charge is 0.0931 e. The summed E-state index contributed by atoms with van der Waals surface area (Å²) in [7, 11) is 0. The number of benzene rings is 1. The van der Waals surface area contributed by atoms with E-state index in [2.05, 4.69) is 9.97 Å². The van der Waals surface area contributed by atoms with Crippen molar-refractivity contribution in [2.75, 3.05) is 0 Å². The molecule has 4 heteroatoms. The molecule has 0 aliphatic rings. The summed E-state index contributed by atoms with van der Waals surface area (Å²) in [5.74, 6) is 0. The number of aromatic nitrogens is 2. The fourth-order valence-corrected chi connectivity index (χ4v) is 0.880. The van der Waals surface area contributed by atoms with E-state index in [-0.39, 0.29) is 39.0 Å². The van der Waals surface area contributed by atoms with Crippen molar-refractivity contribution in [3.05, 3.63) is 30.6 Å². The molecule has 0 amide bonds. The van der Waals surface area contributed by atoms with Crippen LogP contribution >= 0.6 is 0 Å². The van der Waals surface area contributed by atoms with Gasteiger partial charge in [0.05, 0.1) is 17.4 Å². The van der Waals surface area contributed by atoms with E-state index in [1.165, 1.54) is 0 Å². The maximum atomic E-state index is 4.06. The number of hydrogen-bond acceptors (Lipinski definition) is 1. The second kappa shape index (κ2) is 4.74. The first-order valence-electron chi connectivity index (χ1n) is 2.85. The van der Waals surface area contributed by atoms with Crippen LogP contribution in [0.15, 0.2) is 30.6 Å². The first-order chi connectivity index (χ1) is 4.47. The van der Waals surface area contributed by atoms with Gasteiger partial charge in [-0.2, -0.15) is 0 Å². The Labute approximate surface area is 90.3 Å². The molecule has 0 aliphatic heterocycles. The summed E-state index contributed by atoms with van der Waals surface area (Å²) in [6, 6.07) is 7.94. The third-order valence-corrected chi connectivity index (χ3v) is 1.33. The molecular weight excluding hydrogens is 243 g/mol. The van der Waals surface area contributed by atoms with Crippen molar-refractivity contribution < 1.29 is 39.0 Å². The minimum Gasteiger partial charge on any atom is -0.345 e. The Morgan fingerprint density at radius 3 is 2.55 bits per heavy atom. The summed E-state index contributed by atoms with van der Waals surface area (Å²) < 4.78 is 0. The van der Waals surface area contributed by atoms with Gasteiger partial charge in [0.2, 0.25) is 0 Å². The van der Waals surface area contributed by atoms with Crippen molar-refractivity contribution in [3.63, 3.8) is 0 Å². The van der Waals surface area contributed by atoms with Gasteiger partial charge in [-0.3, -0.25) is 0 Å². The SMILES string of the molecule is [Zn].[Zn].c1ccc2[nH]cnc2c1. The molecule has 0 aliphatic carbocycles. The van der Waals surface area contributed by atoms with E-state index in [4.69, 9.17) is 0 Å². The van der Waals surface area contributed by atoms with Gasteiger partial charge in [-0.25, -0.2) is 4.98 Å². The van der Waals surface area contributed by atoms with Crippen LogP contribution in [-0.2, 0) is 39.0 Å². The second-order valence-corrected chi connectivity index (χ2v) is 1.92. The molecule has 2 aromatic rings. The minimum atomic E-state index is 0. The first-order valence-corrected chi connectivity index (χ1v) is 2.85. The van der Waals surface area contributed by atoms with Gasteiger partial charge in [0.15, 0.2) is 0 Å². The van der Waals surface area contributed by atoms with E-state index < -0.39 is 0 Å². The molecule has 0 unspecified atom stereocenters. The van der Waals surface area contributed by atoms with Crippen molar-refractivity contribution in [1.29, 1.82) is 0 Å². The van der Waals surface area contributed by atoms with Gasteiger partial charge in [-0.15, -0.1) is 0 Å².